The number of ether oxygens (including phenoxy) is 1. The van der Waals surface area contributed by atoms with Crippen LogP contribution in [0.4, 0.5) is 13.2 Å². The van der Waals surface area contributed by atoms with Crippen LogP contribution in [-0.4, -0.2) is 77.8 Å². The van der Waals surface area contributed by atoms with Gasteiger partial charge in [0.2, 0.25) is 5.91 Å². The van der Waals surface area contributed by atoms with Crippen LogP contribution in [0.5, 0.6) is 0 Å². The number of rotatable bonds is 5. The zero-order valence-corrected chi connectivity index (χ0v) is 16.3. The van der Waals surface area contributed by atoms with Gasteiger partial charge in [0.25, 0.3) is 0 Å². The first-order chi connectivity index (χ1) is 12.5. The summed E-state index contributed by atoms with van der Waals surface area (Å²) in [5.41, 5.74) is 1.02. The number of morpholine rings is 1. The first-order valence-electron chi connectivity index (χ1n) is 8.30. The molecule has 2 heterocycles. The van der Waals surface area contributed by atoms with Crippen LogP contribution in [0, 0.1) is 6.92 Å². The van der Waals surface area contributed by atoms with Crippen LogP contribution in [0.25, 0.3) is 0 Å². The number of carbonyl (C=O) groups is 2. The van der Waals surface area contributed by atoms with Gasteiger partial charge < -0.3 is 14.7 Å². The Kier molecular flexibility index (Phi) is 9.13. The number of carbonyl (C=O) groups excluding carboxylic acids is 1. The monoisotopic (exact) mass is 411 g/mol. The summed E-state index contributed by atoms with van der Waals surface area (Å²) in [7, 11) is 1.86. The smallest absolute Gasteiger partial charge is 0.475 e. The van der Waals surface area contributed by atoms with Crippen molar-refractivity contribution in [3.8, 4) is 0 Å². The summed E-state index contributed by atoms with van der Waals surface area (Å²) in [5.74, 6) is -2.58. The third-order valence-corrected chi connectivity index (χ3v) is 5.09. The molecule has 2 rings (SSSR count). The van der Waals surface area contributed by atoms with E-state index in [1.165, 1.54) is 0 Å². The normalized spacial score (nSPS) is 16.2. The van der Waals surface area contributed by atoms with Crippen LogP contribution < -0.4 is 0 Å². The van der Waals surface area contributed by atoms with Crippen LogP contribution in [0.3, 0.4) is 0 Å². The molecule has 1 saturated heterocycles. The summed E-state index contributed by atoms with van der Waals surface area (Å²) in [6.07, 6.45) is -4.52. The molecule has 0 aliphatic carbocycles. The Balaban J connectivity index is 0.000000445. The number of aryl methyl sites for hydroxylation is 1. The predicted octanol–water partition coefficient (Wildman–Crippen LogP) is 2.33. The number of aliphatic carboxylic acids is 1. The fourth-order valence-electron chi connectivity index (χ4n) is 2.20. The number of halogens is 3. The maximum atomic E-state index is 12.3. The molecule has 1 atom stereocenters. The van der Waals surface area contributed by atoms with E-state index in [-0.39, 0.29) is 11.9 Å². The molecule has 0 saturated carbocycles. The lowest BCUT2D eigenvalue weighted by Crippen LogP contribution is -2.39. The molecule has 1 aliphatic heterocycles. The highest BCUT2D eigenvalue weighted by Gasteiger charge is 2.38. The number of amides is 1. The first-order valence-corrected chi connectivity index (χ1v) is 9.18. The van der Waals surface area contributed by atoms with Crippen LogP contribution in [0.1, 0.15) is 30.1 Å². The van der Waals surface area contributed by atoms with Gasteiger partial charge in [0.15, 0.2) is 0 Å². The second kappa shape index (κ2) is 10.6. The topological polar surface area (TPSA) is 83.0 Å². The van der Waals surface area contributed by atoms with Gasteiger partial charge in [0, 0.05) is 44.2 Å². The minimum atomic E-state index is -5.08. The van der Waals surface area contributed by atoms with E-state index < -0.39 is 12.1 Å². The Morgan fingerprint density at radius 1 is 1.41 bits per heavy atom. The molecule has 1 unspecified atom stereocenters. The average molecular weight is 411 g/mol. The predicted molar refractivity (Wildman–Crippen MR) is 93.6 cm³/mol. The Morgan fingerprint density at radius 3 is 2.41 bits per heavy atom. The molecular formula is C16H24F3N3O4S. The van der Waals surface area contributed by atoms with Crippen molar-refractivity contribution < 1.29 is 32.6 Å². The molecule has 11 heteroatoms. The van der Waals surface area contributed by atoms with Crippen molar-refractivity contribution >= 4 is 23.2 Å². The quantitative estimate of drug-likeness (QED) is 0.801. The van der Waals surface area contributed by atoms with E-state index in [2.05, 4.69) is 9.88 Å². The molecule has 1 aromatic rings. The maximum absolute atomic E-state index is 12.3. The molecule has 0 aromatic carbocycles. The van der Waals surface area contributed by atoms with Gasteiger partial charge in [0.05, 0.1) is 19.3 Å². The molecule has 1 aliphatic rings. The van der Waals surface area contributed by atoms with E-state index in [0.29, 0.717) is 6.42 Å². The summed E-state index contributed by atoms with van der Waals surface area (Å²) >= 11 is 1.62. The number of carboxylic acids is 1. The number of carboxylic acid groups (broad SMARTS) is 1. The molecule has 1 N–H and O–H groups in total. The maximum Gasteiger partial charge on any atom is 0.490 e. The molecule has 1 aromatic heterocycles. The van der Waals surface area contributed by atoms with Crippen molar-refractivity contribution in [2.45, 2.75) is 32.5 Å². The summed E-state index contributed by atoms with van der Waals surface area (Å²) in [6.45, 7) is 8.24. The second-order valence-electron chi connectivity index (χ2n) is 6.01. The molecule has 0 bridgehead atoms. The molecule has 0 spiro atoms. The van der Waals surface area contributed by atoms with Gasteiger partial charge in [-0.1, -0.05) is 0 Å². The minimum absolute atomic E-state index is 0.0471. The standard InChI is InChI=1S/C14H23N3O2S.C2HF3O2/c1-11-10-20-14(15-11)12(2)16(3)13(18)4-5-17-6-8-19-9-7-17;3-2(4,5)1(6)7/h10,12H,4-9H2,1-3H3;(H,6,7). The summed E-state index contributed by atoms with van der Waals surface area (Å²) < 4.78 is 37.0. The number of hydrogen-bond donors (Lipinski definition) is 1. The molecule has 0 radical (unpaired) electrons. The van der Waals surface area contributed by atoms with Crippen LogP contribution in [-0.2, 0) is 14.3 Å². The largest absolute Gasteiger partial charge is 0.490 e. The Labute approximate surface area is 159 Å². The van der Waals surface area contributed by atoms with E-state index in [1.54, 1.807) is 16.2 Å². The summed E-state index contributed by atoms with van der Waals surface area (Å²) in [4.78, 5) is 29.7. The van der Waals surface area contributed by atoms with Crippen LogP contribution >= 0.6 is 11.3 Å². The fourth-order valence-corrected chi connectivity index (χ4v) is 3.10. The van der Waals surface area contributed by atoms with Gasteiger partial charge in [-0.25, -0.2) is 9.78 Å². The van der Waals surface area contributed by atoms with Crippen LogP contribution in [0.2, 0.25) is 0 Å². The van der Waals surface area contributed by atoms with Crippen molar-refractivity contribution in [3.63, 3.8) is 0 Å². The molecule has 154 valence electrons. The lowest BCUT2D eigenvalue weighted by atomic mass is 10.2. The van der Waals surface area contributed by atoms with Crippen molar-refractivity contribution in [2.75, 3.05) is 39.9 Å². The SMILES string of the molecule is Cc1csc(C(C)N(C)C(=O)CCN2CCOCC2)n1.O=C(O)C(F)(F)F. The highest BCUT2D eigenvalue weighted by Crippen LogP contribution is 2.23. The molecule has 27 heavy (non-hydrogen) atoms. The zero-order chi connectivity index (χ0) is 20.6. The van der Waals surface area contributed by atoms with Gasteiger partial charge in [-0.3, -0.25) is 9.69 Å². The molecule has 1 fully saturated rings. The second-order valence-corrected chi connectivity index (χ2v) is 6.90. The highest BCUT2D eigenvalue weighted by molar-refractivity contribution is 7.09. The van der Waals surface area contributed by atoms with Crippen molar-refractivity contribution in [1.82, 2.24) is 14.8 Å². The van der Waals surface area contributed by atoms with Gasteiger partial charge in [0.1, 0.15) is 5.01 Å². The first kappa shape index (κ1) is 23.3. The third kappa shape index (κ3) is 8.22. The van der Waals surface area contributed by atoms with E-state index in [4.69, 9.17) is 14.6 Å². The van der Waals surface area contributed by atoms with Gasteiger partial charge in [-0.05, 0) is 13.8 Å². The van der Waals surface area contributed by atoms with E-state index in [9.17, 15) is 18.0 Å². The number of nitrogens with zero attached hydrogens (tertiary/aromatic N) is 3. The third-order valence-electron chi connectivity index (χ3n) is 3.96. The molecule has 7 nitrogen and oxygen atoms in total. The van der Waals surface area contributed by atoms with Crippen LogP contribution in [0.15, 0.2) is 5.38 Å². The highest BCUT2D eigenvalue weighted by atomic mass is 32.1. The molecule has 1 amide bonds. The van der Waals surface area contributed by atoms with Crippen molar-refractivity contribution in [2.24, 2.45) is 0 Å². The summed E-state index contributed by atoms with van der Waals surface area (Å²) in [5, 5.41) is 10.2. The van der Waals surface area contributed by atoms with E-state index >= 15 is 0 Å². The summed E-state index contributed by atoms with van der Waals surface area (Å²) in [6, 6.07) is 0.0471. The Hall–Kier alpha value is -1.72. The number of thiazole rings is 1. The van der Waals surface area contributed by atoms with E-state index in [1.807, 2.05) is 26.3 Å². The fraction of sp³-hybridized carbons (Fsp3) is 0.688. The average Bonchev–Trinajstić information content (AvgIpc) is 3.05. The lowest BCUT2D eigenvalue weighted by molar-refractivity contribution is -0.192. The number of aromatic nitrogens is 1. The van der Waals surface area contributed by atoms with Crippen molar-refractivity contribution in [1.29, 1.82) is 0 Å². The van der Waals surface area contributed by atoms with Crippen molar-refractivity contribution in [3.05, 3.63) is 16.1 Å². The van der Waals surface area contributed by atoms with E-state index in [0.717, 1.165) is 43.5 Å². The van der Waals surface area contributed by atoms with Gasteiger partial charge in [-0.15, -0.1) is 11.3 Å². The lowest BCUT2D eigenvalue weighted by Gasteiger charge is -2.28. The number of hydrogen-bond acceptors (Lipinski definition) is 6. The van der Waals surface area contributed by atoms with Gasteiger partial charge in [-0.2, -0.15) is 13.2 Å². The Bertz CT molecular complexity index is 618. The Morgan fingerprint density at radius 2 is 1.96 bits per heavy atom. The molecular weight excluding hydrogens is 387 g/mol. The zero-order valence-electron chi connectivity index (χ0n) is 15.5. The minimum Gasteiger partial charge on any atom is -0.475 e. The van der Waals surface area contributed by atoms with Gasteiger partial charge >= 0.3 is 12.1 Å². The number of alkyl halides is 3.